The second-order valence-electron chi connectivity index (χ2n) is 8.88. The van der Waals surface area contributed by atoms with Crippen LogP contribution >= 0.6 is 0 Å². The van der Waals surface area contributed by atoms with Gasteiger partial charge in [-0.15, -0.1) is 0 Å². The van der Waals surface area contributed by atoms with E-state index in [4.69, 9.17) is 0 Å². The van der Waals surface area contributed by atoms with Crippen LogP contribution in [0.2, 0.25) is 0 Å². The molecule has 1 N–H and O–H groups in total. The third-order valence-corrected chi connectivity index (χ3v) is 6.71. The number of carbonyl (C=O) groups excluding carboxylic acids is 3. The van der Waals surface area contributed by atoms with Crippen molar-refractivity contribution in [1.29, 1.82) is 0 Å². The van der Waals surface area contributed by atoms with E-state index in [0.717, 1.165) is 42.5 Å². The maximum absolute atomic E-state index is 13.3. The van der Waals surface area contributed by atoms with Crippen LogP contribution < -0.4 is 10.2 Å². The fraction of sp³-hybridized carbons (Fsp3) is 0.625. The van der Waals surface area contributed by atoms with Gasteiger partial charge in [0.1, 0.15) is 0 Å². The largest absolute Gasteiger partial charge is 0.356 e. The summed E-state index contributed by atoms with van der Waals surface area (Å²) in [6, 6.07) is 6.03. The Morgan fingerprint density at radius 2 is 1.90 bits per heavy atom. The average Bonchev–Trinajstić information content (AvgIpc) is 3.11. The van der Waals surface area contributed by atoms with E-state index in [0.29, 0.717) is 19.6 Å². The molecule has 3 amide bonds. The van der Waals surface area contributed by atoms with Crippen molar-refractivity contribution in [2.75, 3.05) is 24.5 Å². The first-order chi connectivity index (χ1) is 14.3. The topological polar surface area (TPSA) is 69.7 Å². The Hall–Kier alpha value is -2.37. The Balaban J connectivity index is 1.67. The SMILES string of the molecule is CCCCNC(=O)C1CCC(C)N(C(=O)C2CC(=O)N(c3cccc(C)c3C)C2)C1. The predicted molar refractivity (Wildman–Crippen MR) is 118 cm³/mol. The summed E-state index contributed by atoms with van der Waals surface area (Å²) in [6.07, 6.45) is 3.87. The van der Waals surface area contributed by atoms with E-state index in [1.54, 1.807) is 4.90 Å². The van der Waals surface area contributed by atoms with Crippen molar-refractivity contribution in [3.05, 3.63) is 29.3 Å². The Labute approximate surface area is 180 Å². The first kappa shape index (κ1) is 22.3. The van der Waals surface area contributed by atoms with E-state index >= 15 is 0 Å². The average molecular weight is 414 g/mol. The third kappa shape index (κ3) is 4.68. The maximum Gasteiger partial charge on any atom is 0.228 e. The van der Waals surface area contributed by atoms with Gasteiger partial charge in [0.15, 0.2) is 0 Å². The Bertz CT molecular complexity index is 807. The van der Waals surface area contributed by atoms with Crippen molar-refractivity contribution in [3.8, 4) is 0 Å². The van der Waals surface area contributed by atoms with E-state index in [1.807, 2.05) is 43.9 Å². The fourth-order valence-corrected chi connectivity index (χ4v) is 4.53. The van der Waals surface area contributed by atoms with E-state index < -0.39 is 0 Å². The zero-order valence-corrected chi connectivity index (χ0v) is 18.7. The number of benzene rings is 1. The molecular weight excluding hydrogens is 378 g/mol. The number of anilines is 1. The molecule has 0 aromatic heterocycles. The summed E-state index contributed by atoms with van der Waals surface area (Å²) >= 11 is 0. The lowest BCUT2D eigenvalue weighted by molar-refractivity contribution is -0.142. The first-order valence-electron chi connectivity index (χ1n) is 11.3. The fourth-order valence-electron chi connectivity index (χ4n) is 4.53. The van der Waals surface area contributed by atoms with Crippen molar-refractivity contribution in [1.82, 2.24) is 10.2 Å². The van der Waals surface area contributed by atoms with Crippen LogP contribution in [0.5, 0.6) is 0 Å². The first-order valence-corrected chi connectivity index (χ1v) is 11.3. The van der Waals surface area contributed by atoms with Gasteiger partial charge in [0.25, 0.3) is 0 Å². The van der Waals surface area contributed by atoms with Gasteiger partial charge in [-0.25, -0.2) is 0 Å². The Morgan fingerprint density at radius 1 is 1.13 bits per heavy atom. The van der Waals surface area contributed by atoms with Crippen molar-refractivity contribution in [2.24, 2.45) is 11.8 Å². The van der Waals surface area contributed by atoms with Crippen LogP contribution in [0.1, 0.15) is 57.1 Å². The molecule has 3 rings (SSSR count). The summed E-state index contributed by atoms with van der Waals surface area (Å²) in [5, 5.41) is 3.01. The highest BCUT2D eigenvalue weighted by Crippen LogP contribution is 2.32. The second-order valence-corrected chi connectivity index (χ2v) is 8.88. The monoisotopic (exact) mass is 413 g/mol. The molecule has 30 heavy (non-hydrogen) atoms. The number of hydrogen-bond acceptors (Lipinski definition) is 3. The molecule has 6 nitrogen and oxygen atoms in total. The zero-order chi connectivity index (χ0) is 21.8. The van der Waals surface area contributed by atoms with Gasteiger partial charge in [-0.3, -0.25) is 14.4 Å². The van der Waals surface area contributed by atoms with Gasteiger partial charge in [-0.05, 0) is 57.2 Å². The quantitative estimate of drug-likeness (QED) is 0.728. The summed E-state index contributed by atoms with van der Waals surface area (Å²) in [6.45, 7) is 9.74. The van der Waals surface area contributed by atoms with Gasteiger partial charge in [0.2, 0.25) is 17.7 Å². The van der Waals surface area contributed by atoms with Gasteiger partial charge >= 0.3 is 0 Å². The molecule has 2 heterocycles. The van der Waals surface area contributed by atoms with Gasteiger partial charge < -0.3 is 15.1 Å². The summed E-state index contributed by atoms with van der Waals surface area (Å²) in [7, 11) is 0. The Kier molecular flexibility index (Phi) is 7.16. The molecule has 0 radical (unpaired) electrons. The molecule has 2 aliphatic heterocycles. The zero-order valence-electron chi connectivity index (χ0n) is 18.7. The molecular formula is C24H35N3O3. The minimum atomic E-state index is -0.346. The van der Waals surface area contributed by atoms with Crippen molar-refractivity contribution in [2.45, 2.75) is 65.8 Å². The van der Waals surface area contributed by atoms with E-state index in [-0.39, 0.29) is 42.0 Å². The third-order valence-electron chi connectivity index (χ3n) is 6.71. The van der Waals surface area contributed by atoms with Gasteiger partial charge in [0, 0.05) is 37.8 Å². The lowest BCUT2D eigenvalue weighted by atomic mass is 9.91. The highest BCUT2D eigenvalue weighted by atomic mass is 16.2. The van der Waals surface area contributed by atoms with Gasteiger partial charge in [-0.1, -0.05) is 25.5 Å². The minimum absolute atomic E-state index is 0.000529. The molecule has 0 bridgehead atoms. The number of likely N-dealkylation sites (tertiary alicyclic amines) is 1. The minimum Gasteiger partial charge on any atom is -0.356 e. The molecule has 2 fully saturated rings. The van der Waals surface area contributed by atoms with Crippen LogP contribution in [-0.4, -0.2) is 48.3 Å². The standard InChI is InChI=1S/C24H35N3O3/c1-5-6-12-25-23(29)19-11-10-17(3)26(14-19)24(30)20-13-22(28)27(15-20)21-9-7-8-16(2)18(21)4/h7-9,17,19-20H,5-6,10-15H2,1-4H3,(H,25,29). The van der Waals surface area contributed by atoms with Crippen molar-refractivity contribution < 1.29 is 14.4 Å². The highest BCUT2D eigenvalue weighted by molar-refractivity contribution is 6.01. The van der Waals surface area contributed by atoms with Crippen LogP contribution in [0, 0.1) is 25.7 Å². The predicted octanol–water partition coefficient (Wildman–Crippen LogP) is 3.20. The summed E-state index contributed by atoms with van der Waals surface area (Å²) in [5.74, 6) is -0.445. The van der Waals surface area contributed by atoms with Crippen LogP contribution in [0.3, 0.4) is 0 Å². The molecule has 6 heteroatoms. The Morgan fingerprint density at radius 3 is 2.63 bits per heavy atom. The molecule has 0 spiro atoms. The van der Waals surface area contributed by atoms with E-state index in [9.17, 15) is 14.4 Å². The molecule has 2 aliphatic rings. The molecule has 3 atom stereocenters. The summed E-state index contributed by atoms with van der Waals surface area (Å²) in [4.78, 5) is 42.2. The highest BCUT2D eigenvalue weighted by Gasteiger charge is 2.41. The molecule has 0 saturated carbocycles. The molecule has 0 aliphatic carbocycles. The second kappa shape index (κ2) is 9.63. The number of aryl methyl sites for hydroxylation is 1. The smallest absolute Gasteiger partial charge is 0.228 e. The van der Waals surface area contributed by atoms with Crippen LogP contribution in [0.25, 0.3) is 0 Å². The van der Waals surface area contributed by atoms with E-state index in [1.165, 1.54) is 0 Å². The molecule has 2 saturated heterocycles. The number of nitrogens with zero attached hydrogens (tertiary/aromatic N) is 2. The lowest BCUT2D eigenvalue weighted by Crippen LogP contribution is -2.51. The van der Waals surface area contributed by atoms with Gasteiger partial charge in [-0.2, -0.15) is 0 Å². The van der Waals surface area contributed by atoms with Crippen molar-refractivity contribution in [3.63, 3.8) is 0 Å². The number of piperidine rings is 1. The van der Waals surface area contributed by atoms with E-state index in [2.05, 4.69) is 12.2 Å². The number of hydrogen-bond donors (Lipinski definition) is 1. The number of nitrogens with one attached hydrogen (secondary N) is 1. The lowest BCUT2D eigenvalue weighted by Gasteiger charge is -2.38. The normalized spacial score (nSPS) is 24.3. The van der Waals surface area contributed by atoms with Crippen molar-refractivity contribution >= 4 is 23.4 Å². The van der Waals surface area contributed by atoms with Gasteiger partial charge in [0.05, 0.1) is 11.8 Å². The maximum atomic E-state index is 13.3. The van der Waals surface area contributed by atoms with Crippen LogP contribution in [0.15, 0.2) is 18.2 Å². The number of amides is 3. The molecule has 164 valence electrons. The van der Waals surface area contributed by atoms with Crippen LogP contribution in [-0.2, 0) is 14.4 Å². The number of unbranched alkanes of at least 4 members (excludes halogenated alkanes) is 1. The summed E-state index contributed by atoms with van der Waals surface area (Å²) < 4.78 is 0. The number of rotatable bonds is 6. The number of carbonyl (C=O) groups is 3. The van der Waals surface area contributed by atoms with Crippen LogP contribution in [0.4, 0.5) is 5.69 Å². The molecule has 3 unspecified atom stereocenters. The molecule has 1 aromatic rings. The molecule has 1 aromatic carbocycles. The summed E-state index contributed by atoms with van der Waals surface area (Å²) in [5.41, 5.74) is 3.11.